The van der Waals surface area contributed by atoms with Crippen LogP contribution in [0, 0.1) is 0 Å². The minimum Gasteiger partial charge on any atom is -0.497 e. The van der Waals surface area contributed by atoms with E-state index in [9.17, 15) is 0 Å². The van der Waals surface area contributed by atoms with E-state index in [4.69, 9.17) is 19.9 Å². The Labute approximate surface area is 118 Å². The van der Waals surface area contributed by atoms with Crippen molar-refractivity contribution in [2.45, 2.75) is 6.54 Å². The highest BCUT2D eigenvalue weighted by Crippen LogP contribution is 2.36. The Morgan fingerprint density at radius 3 is 2.60 bits per heavy atom. The number of fused-ring (bicyclic) bond motifs is 1. The average Bonchev–Trinajstić information content (AvgIpc) is 2.53. The van der Waals surface area contributed by atoms with Crippen molar-refractivity contribution in [2.24, 2.45) is 5.73 Å². The summed E-state index contributed by atoms with van der Waals surface area (Å²) in [5.41, 5.74) is 9.04. The van der Waals surface area contributed by atoms with Gasteiger partial charge in [0.15, 0.2) is 11.5 Å². The number of hydrogen-bond acceptors (Lipinski definition) is 4. The van der Waals surface area contributed by atoms with Crippen LogP contribution < -0.4 is 19.9 Å². The van der Waals surface area contributed by atoms with Gasteiger partial charge >= 0.3 is 0 Å². The average molecular weight is 271 g/mol. The van der Waals surface area contributed by atoms with E-state index in [1.807, 2.05) is 36.4 Å². The van der Waals surface area contributed by atoms with Crippen LogP contribution in [0.5, 0.6) is 17.2 Å². The summed E-state index contributed by atoms with van der Waals surface area (Å²) in [7, 11) is 1.65. The Hall–Kier alpha value is -2.20. The van der Waals surface area contributed by atoms with E-state index in [0.717, 1.165) is 33.9 Å². The molecule has 1 aliphatic heterocycles. The van der Waals surface area contributed by atoms with Gasteiger partial charge in [-0.1, -0.05) is 12.1 Å². The smallest absolute Gasteiger partial charge is 0.161 e. The van der Waals surface area contributed by atoms with E-state index in [0.29, 0.717) is 19.8 Å². The molecule has 0 unspecified atom stereocenters. The lowest BCUT2D eigenvalue weighted by molar-refractivity contribution is 0.171. The molecule has 0 radical (unpaired) electrons. The van der Waals surface area contributed by atoms with E-state index in [1.54, 1.807) is 7.11 Å². The molecule has 20 heavy (non-hydrogen) atoms. The first kappa shape index (κ1) is 12.8. The number of ether oxygens (including phenoxy) is 3. The van der Waals surface area contributed by atoms with E-state index in [-0.39, 0.29) is 0 Å². The molecule has 0 saturated heterocycles. The minimum atomic E-state index is 0.459. The molecule has 0 fully saturated rings. The van der Waals surface area contributed by atoms with Gasteiger partial charge in [0.25, 0.3) is 0 Å². The molecule has 0 aromatic heterocycles. The summed E-state index contributed by atoms with van der Waals surface area (Å²) in [6.45, 7) is 1.65. The molecule has 1 heterocycles. The molecular weight excluding hydrogens is 254 g/mol. The Morgan fingerprint density at radius 2 is 1.85 bits per heavy atom. The summed E-state index contributed by atoms with van der Waals surface area (Å²) < 4.78 is 16.4. The second-order valence-electron chi connectivity index (χ2n) is 4.59. The molecule has 2 aromatic carbocycles. The zero-order chi connectivity index (χ0) is 13.9. The van der Waals surface area contributed by atoms with Crippen molar-refractivity contribution in [3.05, 3.63) is 42.0 Å². The van der Waals surface area contributed by atoms with E-state index < -0.39 is 0 Å². The third kappa shape index (κ3) is 2.30. The SMILES string of the molecule is COc1ccc(-c2ccc3c(c2)OCCO3)c(CN)c1. The minimum absolute atomic E-state index is 0.459. The van der Waals surface area contributed by atoms with Crippen LogP contribution in [0.1, 0.15) is 5.56 Å². The van der Waals surface area contributed by atoms with Gasteiger partial charge < -0.3 is 19.9 Å². The molecule has 0 saturated carbocycles. The van der Waals surface area contributed by atoms with Crippen molar-refractivity contribution in [2.75, 3.05) is 20.3 Å². The Morgan fingerprint density at radius 1 is 1.05 bits per heavy atom. The van der Waals surface area contributed by atoms with Crippen LogP contribution in [0.3, 0.4) is 0 Å². The predicted octanol–water partition coefficient (Wildman–Crippen LogP) is 2.59. The molecule has 4 heteroatoms. The summed E-state index contributed by atoms with van der Waals surface area (Å²) >= 11 is 0. The molecule has 3 rings (SSSR count). The van der Waals surface area contributed by atoms with Crippen molar-refractivity contribution in [3.63, 3.8) is 0 Å². The quantitative estimate of drug-likeness (QED) is 0.932. The number of methoxy groups -OCH3 is 1. The van der Waals surface area contributed by atoms with E-state index in [2.05, 4.69) is 0 Å². The Bertz CT molecular complexity index is 625. The van der Waals surface area contributed by atoms with Crippen molar-refractivity contribution >= 4 is 0 Å². The fourth-order valence-corrected chi connectivity index (χ4v) is 2.36. The highest BCUT2D eigenvalue weighted by molar-refractivity contribution is 5.71. The van der Waals surface area contributed by atoms with Gasteiger partial charge in [0.1, 0.15) is 19.0 Å². The Kier molecular flexibility index (Phi) is 3.48. The molecule has 0 amide bonds. The van der Waals surface area contributed by atoms with Crippen molar-refractivity contribution in [3.8, 4) is 28.4 Å². The normalized spacial score (nSPS) is 13.1. The number of nitrogens with two attached hydrogens (primary N) is 1. The summed E-state index contributed by atoms with van der Waals surface area (Å²) in [5, 5.41) is 0. The molecule has 2 N–H and O–H groups in total. The van der Waals surface area contributed by atoms with E-state index in [1.165, 1.54) is 0 Å². The summed E-state index contributed by atoms with van der Waals surface area (Å²) in [4.78, 5) is 0. The van der Waals surface area contributed by atoms with Crippen molar-refractivity contribution < 1.29 is 14.2 Å². The maximum Gasteiger partial charge on any atom is 0.161 e. The van der Waals surface area contributed by atoms with E-state index >= 15 is 0 Å². The lowest BCUT2D eigenvalue weighted by Crippen LogP contribution is -2.15. The van der Waals surface area contributed by atoms with Crippen LogP contribution in [-0.2, 0) is 6.54 Å². The van der Waals surface area contributed by atoms with Gasteiger partial charge in [-0.25, -0.2) is 0 Å². The number of hydrogen-bond donors (Lipinski definition) is 1. The van der Waals surface area contributed by atoms with Crippen LogP contribution in [0.4, 0.5) is 0 Å². The van der Waals surface area contributed by atoms with Gasteiger partial charge in [-0.05, 0) is 41.0 Å². The summed E-state index contributed by atoms with van der Waals surface area (Å²) in [6.07, 6.45) is 0. The van der Waals surface area contributed by atoms with Crippen molar-refractivity contribution in [1.29, 1.82) is 0 Å². The molecule has 4 nitrogen and oxygen atoms in total. The second-order valence-corrected chi connectivity index (χ2v) is 4.59. The monoisotopic (exact) mass is 271 g/mol. The fraction of sp³-hybridized carbons (Fsp3) is 0.250. The molecule has 0 atom stereocenters. The standard InChI is InChI=1S/C16H17NO3/c1-18-13-3-4-14(12(8-13)10-17)11-2-5-15-16(9-11)20-7-6-19-15/h2-5,8-9H,6-7,10,17H2,1H3. The highest BCUT2D eigenvalue weighted by Gasteiger charge is 2.14. The van der Waals surface area contributed by atoms with Crippen LogP contribution in [0.15, 0.2) is 36.4 Å². The maximum atomic E-state index is 5.84. The zero-order valence-corrected chi connectivity index (χ0v) is 11.4. The van der Waals surface area contributed by atoms with Gasteiger partial charge in [0, 0.05) is 6.54 Å². The zero-order valence-electron chi connectivity index (χ0n) is 11.4. The molecule has 0 spiro atoms. The summed E-state index contributed by atoms with van der Waals surface area (Å²) in [5.74, 6) is 2.39. The number of benzene rings is 2. The molecule has 104 valence electrons. The van der Waals surface area contributed by atoms with Crippen LogP contribution in [-0.4, -0.2) is 20.3 Å². The van der Waals surface area contributed by atoms with Gasteiger partial charge in [-0.2, -0.15) is 0 Å². The molecular formula is C16H17NO3. The lowest BCUT2D eigenvalue weighted by atomic mass is 9.99. The summed E-state index contributed by atoms with van der Waals surface area (Å²) in [6, 6.07) is 11.9. The Balaban J connectivity index is 2.04. The second kappa shape index (κ2) is 5.43. The predicted molar refractivity (Wildman–Crippen MR) is 77.3 cm³/mol. The van der Waals surface area contributed by atoms with Gasteiger partial charge in [0.05, 0.1) is 7.11 Å². The molecule has 0 bridgehead atoms. The largest absolute Gasteiger partial charge is 0.497 e. The third-order valence-corrected chi connectivity index (χ3v) is 3.39. The number of rotatable bonds is 3. The van der Waals surface area contributed by atoms with Gasteiger partial charge in [0.2, 0.25) is 0 Å². The van der Waals surface area contributed by atoms with Gasteiger partial charge in [-0.15, -0.1) is 0 Å². The maximum absolute atomic E-state index is 5.84. The topological polar surface area (TPSA) is 53.7 Å². The third-order valence-electron chi connectivity index (χ3n) is 3.39. The first-order valence-electron chi connectivity index (χ1n) is 6.59. The lowest BCUT2D eigenvalue weighted by Gasteiger charge is -2.19. The molecule has 1 aliphatic rings. The van der Waals surface area contributed by atoms with Crippen molar-refractivity contribution in [1.82, 2.24) is 0 Å². The van der Waals surface area contributed by atoms with Crippen LogP contribution in [0.2, 0.25) is 0 Å². The van der Waals surface area contributed by atoms with Crippen LogP contribution >= 0.6 is 0 Å². The van der Waals surface area contributed by atoms with Gasteiger partial charge in [-0.3, -0.25) is 0 Å². The first-order valence-corrected chi connectivity index (χ1v) is 6.59. The highest BCUT2D eigenvalue weighted by atomic mass is 16.6. The molecule has 0 aliphatic carbocycles. The molecule has 2 aromatic rings. The van der Waals surface area contributed by atoms with Crippen LogP contribution in [0.25, 0.3) is 11.1 Å². The first-order chi connectivity index (χ1) is 9.81. The fourth-order valence-electron chi connectivity index (χ4n) is 2.36.